The predicted octanol–water partition coefficient (Wildman–Crippen LogP) is 3.02. The molecule has 1 N–H and O–H groups in total. The van der Waals surface area contributed by atoms with Crippen LogP contribution in [-0.2, 0) is 0 Å². The third-order valence-corrected chi connectivity index (χ3v) is 3.38. The SMILES string of the molecule is Cc1ccc(-c2n[nH]c(=O)c(C)c2C)cc1Cl. The maximum atomic E-state index is 11.4. The number of halogens is 1. The Kier molecular flexibility index (Phi) is 3.03. The maximum Gasteiger partial charge on any atom is 0.267 e. The second-order valence-electron chi connectivity index (χ2n) is 4.12. The van der Waals surface area contributed by atoms with Crippen LogP contribution in [0, 0.1) is 20.8 Å². The highest BCUT2D eigenvalue weighted by atomic mass is 35.5. The Bertz CT molecular complexity index is 632. The molecular formula is C13H13ClN2O. The highest BCUT2D eigenvalue weighted by molar-refractivity contribution is 6.31. The summed E-state index contributed by atoms with van der Waals surface area (Å²) in [6.45, 7) is 5.63. The standard InChI is InChI=1S/C13H13ClN2O/c1-7-4-5-10(6-11(7)14)12-8(2)9(3)13(17)16-15-12/h4-6H,1-3H3,(H,16,17). The molecule has 88 valence electrons. The topological polar surface area (TPSA) is 45.8 Å². The van der Waals surface area contributed by atoms with Gasteiger partial charge in [0.05, 0.1) is 5.69 Å². The van der Waals surface area contributed by atoms with Crippen LogP contribution in [-0.4, -0.2) is 10.2 Å². The van der Waals surface area contributed by atoms with E-state index >= 15 is 0 Å². The van der Waals surface area contributed by atoms with E-state index in [9.17, 15) is 4.79 Å². The van der Waals surface area contributed by atoms with Crippen molar-refractivity contribution in [1.29, 1.82) is 0 Å². The zero-order chi connectivity index (χ0) is 12.6. The first-order valence-corrected chi connectivity index (χ1v) is 5.71. The molecule has 0 aliphatic carbocycles. The lowest BCUT2D eigenvalue weighted by molar-refractivity contribution is 0.959. The summed E-state index contributed by atoms with van der Waals surface area (Å²) in [6, 6.07) is 5.76. The molecule has 0 bridgehead atoms. The molecule has 0 saturated carbocycles. The van der Waals surface area contributed by atoms with E-state index in [1.807, 2.05) is 32.0 Å². The van der Waals surface area contributed by atoms with E-state index in [1.54, 1.807) is 6.92 Å². The molecular weight excluding hydrogens is 236 g/mol. The number of aromatic nitrogens is 2. The van der Waals surface area contributed by atoms with Gasteiger partial charge < -0.3 is 0 Å². The molecule has 2 rings (SSSR count). The summed E-state index contributed by atoms with van der Waals surface area (Å²) in [4.78, 5) is 11.4. The highest BCUT2D eigenvalue weighted by Gasteiger charge is 2.09. The first kappa shape index (κ1) is 11.9. The van der Waals surface area contributed by atoms with Gasteiger partial charge in [-0.1, -0.05) is 23.7 Å². The summed E-state index contributed by atoms with van der Waals surface area (Å²) in [5, 5.41) is 7.28. The first-order valence-electron chi connectivity index (χ1n) is 5.33. The van der Waals surface area contributed by atoms with Crippen LogP contribution in [0.3, 0.4) is 0 Å². The molecule has 17 heavy (non-hydrogen) atoms. The van der Waals surface area contributed by atoms with E-state index in [0.29, 0.717) is 10.6 Å². The van der Waals surface area contributed by atoms with E-state index in [2.05, 4.69) is 10.2 Å². The van der Waals surface area contributed by atoms with E-state index in [1.165, 1.54) is 0 Å². The Labute approximate surface area is 104 Å². The van der Waals surface area contributed by atoms with E-state index in [4.69, 9.17) is 11.6 Å². The number of H-pyrrole nitrogens is 1. The van der Waals surface area contributed by atoms with Crippen LogP contribution in [0.1, 0.15) is 16.7 Å². The molecule has 1 aromatic carbocycles. The number of hydrogen-bond acceptors (Lipinski definition) is 2. The van der Waals surface area contributed by atoms with Gasteiger partial charge in [0.2, 0.25) is 0 Å². The lowest BCUT2D eigenvalue weighted by Crippen LogP contribution is -2.14. The Morgan fingerprint density at radius 3 is 2.53 bits per heavy atom. The minimum absolute atomic E-state index is 0.149. The average Bonchev–Trinajstić information content (AvgIpc) is 2.30. The second kappa shape index (κ2) is 4.34. The van der Waals surface area contributed by atoms with Crippen LogP contribution in [0.25, 0.3) is 11.3 Å². The summed E-state index contributed by atoms with van der Waals surface area (Å²) in [7, 11) is 0. The Hall–Kier alpha value is -1.61. The molecule has 0 amide bonds. The van der Waals surface area contributed by atoms with Crippen molar-refractivity contribution < 1.29 is 0 Å². The smallest absolute Gasteiger partial charge is 0.267 e. The zero-order valence-electron chi connectivity index (χ0n) is 9.97. The normalized spacial score (nSPS) is 10.6. The summed E-state index contributed by atoms with van der Waals surface area (Å²) in [5.41, 5.74) is 4.13. The fraction of sp³-hybridized carbons (Fsp3) is 0.231. The Morgan fingerprint density at radius 1 is 1.18 bits per heavy atom. The van der Waals surface area contributed by atoms with Gasteiger partial charge in [0.1, 0.15) is 0 Å². The molecule has 2 aromatic rings. The Balaban J connectivity index is 2.65. The molecule has 0 saturated heterocycles. The van der Waals surface area contributed by atoms with E-state index in [-0.39, 0.29) is 5.56 Å². The molecule has 0 aliphatic heterocycles. The monoisotopic (exact) mass is 248 g/mol. The number of rotatable bonds is 1. The van der Waals surface area contributed by atoms with Crippen LogP contribution >= 0.6 is 11.6 Å². The second-order valence-corrected chi connectivity index (χ2v) is 4.52. The van der Waals surface area contributed by atoms with Crippen molar-refractivity contribution in [3.05, 3.63) is 50.3 Å². The van der Waals surface area contributed by atoms with Crippen LogP contribution in [0.5, 0.6) is 0 Å². The molecule has 0 unspecified atom stereocenters. The van der Waals surface area contributed by atoms with Crippen LogP contribution < -0.4 is 5.56 Å². The summed E-state index contributed by atoms with van der Waals surface area (Å²) in [6.07, 6.45) is 0. The van der Waals surface area contributed by atoms with Gasteiger partial charge in [0.25, 0.3) is 5.56 Å². The number of benzene rings is 1. The van der Waals surface area contributed by atoms with Crippen molar-refractivity contribution >= 4 is 11.6 Å². The fourth-order valence-corrected chi connectivity index (χ4v) is 1.82. The number of aromatic amines is 1. The lowest BCUT2D eigenvalue weighted by Gasteiger charge is -2.07. The third kappa shape index (κ3) is 2.11. The van der Waals surface area contributed by atoms with E-state index < -0.39 is 0 Å². The molecule has 1 heterocycles. The van der Waals surface area contributed by atoms with Crippen molar-refractivity contribution in [2.24, 2.45) is 0 Å². The fourth-order valence-electron chi connectivity index (χ4n) is 1.64. The molecule has 0 fully saturated rings. The lowest BCUT2D eigenvalue weighted by atomic mass is 10.0. The van der Waals surface area contributed by atoms with Gasteiger partial charge in [-0.25, -0.2) is 5.10 Å². The average molecular weight is 249 g/mol. The number of aryl methyl sites for hydroxylation is 1. The van der Waals surface area contributed by atoms with Crippen molar-refractivity contribution in [2.75, 3.05) is 0 Å². The van der Waals surface area contributed by atoms with Crippen molar-refractivity contribution in [3.8, 4) is 11.3 Å². The van der Waals surface area contributed by atoms with Crippen molar-refractivity contribution in [1.82, 2.24) is 10.2 Å². The van der Waals surface area contributed by atoms with Gasteiger partial charge in [-0.05, 0) is 38.0 Å². The largest absolute Gasteiger partial charge is 0.268 e. The number of nitrogens with zero attached hydrogens (tertiary/aromatic N) is 1. The van der Waals surface area contributed by atoms with Crippen LogP contribution in [0.4, 0.5) is 0 Å². The summed E-state index contributed by atoms with van der Waals surface area (Å²) >= 11 is 6.09. The summed E-state index contributed by atoms with van der Waals surface area (Å²) < 4.78 is 0. The molecule has 4 heteroatoms. The zero-order valence-corrected chi connectivity index (χ0v) is 10.7. The van der Waals surface area contributed by atoms with Gasteiger partial charge in [0.15, 0.2) is 0 Å². The number of nitrogens with one attached hydrogen (secondary N) is 1. The van der Waals surface area contributed by atoms with E-state index in [0.717, 1.165) is 22.4 Å². The molecule has 0 atom stereocenters. The molecule has 1 aromatic heterocycles. The molecule has 3 nitrogen and oxygen atoms in total. The molecule has 0 radical (unpaired) electrons. The quantitative estimate of drug-likeness (QED) is 0.843. The van der Waals surface area contributed by atoms with Gasteiger partial charge in [-0.2, -0.15) is 5.10 Å². The summed E-state index contributed by atoms with van der Waals surface area (Å²) in [5.74, 6) is 0. The van der Waals surface area contributed by atoms with Gasteiger partial charge in [-0.15, -0.1) is 0 Å². The predicted molar refractivity (Wildman–Crippen MR) is 69.5 cm³/mol. The molecule has 0 spiro atoms. The van der Waals surface area contributed by atoms with Gasteiger partial charge >= 0.3 is 0 Å². The third-order valence-electron chi connectivity index (χ3n) is 2.97. The van der Waals surface area contributed by atoms with Gasteiger partial charge in [0, 0.05) is 16.1 Å². The highest BCUT2D eigenvalue weighted by Crippen LogP contribution is 2.25. The number of hydrogen-bond donors (Lipinski definition) is 1. The van der Waals surface area contributed by atoms with Gasteiger partial charge in [-0.3, -0.25) is 4.79 Å². The van der Waals surface area contributed by atoms with Crippen LogP contribution in [0.2, 0.25) is 5.02 Å². The Morgan fingerprint density at radius 2 is 1.88 bits per heavy atom. The van der Waals surface area contributed by atoms with Crippen molar-refractivity contribution in [3.63, 3.8) is 0 Å². The first-order chi connectivity index (χ1) is 8.00. The molecule has 0 aliphatic rings. The van der Waals surface area contributed by atoms with Crippen molar-refractivity contribution in [2.45, 2.75) is 20.8 Å². The van der Waals surface area contributed by atoms with Crippen LogP contribution in [0.15, 0.2) is 23.0 Å². The maximum absolute atomic E-state index is 11.4. The minimum Gasteiger partial charge on any atom is -0.268 e. The minimum atomic E-state index is -0.149.